The summed E-state index contributed by atoms with van der Waals surface area (Å²) in [6, 6.07) is 11.7. The van der Waals surface area contributed by atoms with Crippen molar-refractivity contribution in [2.24, 2.45) is 5.92 Å². The lowest BCUT2D eigenvalue weighted by molar-refractivity contribution is -0.157. The van der Waals surface area contributed by atoms with Crippen molar-refractivity contribution in [3.63, 3.8) is 0 Å². The van der Waals surface area contributed by atoms with Gasteiger partial charge in [0.15, 0.2) is 0 Å². The van der Waals surface area contributed by atoms with Crippen LogP contribution in [0.15, 0.2) is 36.4 Å². The molecule has 1 aliphatic carbocycles. The molecular weight excluding hydrogens is 617 g/mol. The van der Waals surface area contributed by atoms with E-state index in [1.54, 1.807) is 23.9 Å². The molecule has 3 aliphatic rings. The Bertz CT molecular complexity index is 1440. The van der Waals surface area contributed by atoms with E-state index in [-0.39, 0.29) is 31.2 Å². The van der Waals surface area contributed by atoms with Crippen LogP contribution in [-0.4, -0.2) is 81.3 Å². The van der Waals surface area contributed by atoms with Gasteiger partial charge in [-0.05, 0) is 67.5 Å². The molecule has 43 heavy (non-hydrogen) atoms. The number of carbonyl (C=O) groups excluding carboxylic acids is 3. The second-order valence-electron chi connectivity index (χ2n) is 11.0. The highest BCUT2D eigenvalue weighted by Gasteiger charge is 2.40. The van der Waals surface area contributed by atoms with Crippen LogP contribution < -0.4 is 9.80 Å². The largest absolute Gasteiger partial charge is 0.475 e. The van der Waals surface area contributed by atoms with Crippen LogP contribution in [0.25, 0.3) is 0 Å². The average Bonchev–Trinajstić information content (AvgIpc) is 3.73. The first-order valence-corrected chi connectivity index (χ1v) is 16.0. The van der Waals surface area contributed by atoms with E-state index < -0.39 is 29.4 Å². The zero-order valence-corrected chi connectivity index (χ0v) is 25.5. The number of para-hydroxylation sites is 2. The third kappa shape index (κ3) is 6.85. The molecule has 1 unspecified atom stereocenters. The molecule has 2 N–H and O–H groups in total. The molecule has 1 atom stereocenters. The summed E-state index contributed by atoms with van der Waals surface area (Å²) >= 11 is 14.9. The van der Waals surface area contributed by atoms with Crippen molar-refractivity contribution in [1.29, 1.82) is 0 Å². The Kier molecular flexibility index (Phi) is 9.65. The predicted octanol–water partition coefficient (Wildman–Crippen LogP) is 4.13. The van der Waals surface area contributed by atoms with Crippen molar-refractivity contribution >= 4 is 75.8 Å². The number of Topliss-reactive ketones (excluding diaryl/α,β-unsaturated/α-hetero) is 2. The van der Waals surface area contributed by atoms with E-state index >= 15 is 0 Å². The molecule has 5 rings (SSSR count). The summed E-state index contributed by atoms with van der Waals surface area (Å²) in [6.07, 6.45) is 2.52. The number of benzene rings is 2. The van der Waals surface area contributed by atoms with Crippen molar-refractivity contribution in [3.05, 3.63) is 57.6 Å². The van der Waals surface area contributed by atoms with Crippen molar-refractivity contribution in [1.82, 2.24) is 4.90 Å². The van der Waals surface area contributed by atoms with Crippen LogP contribution >= 0.6 is 35.0 Å². The second kappa shape index (κ2) is 13.3. The lowest BCUT2D eigenvalue weighted by Gasteiger charge is -2.39. The number of hydrogen-bond donors (Lipinski definition) is 2. The number of anilines is 2. The number of aliphatic carboxylic acids is 2. The first kappa shape index (κ1) is 31.3. The fourth-order valence-electron chi connectivity index (χ4n) is 5.76. The summed E-state index contributed by atoms with van der Waals surface area (Å²) in [5.74, 6) is -6.99. The molecule has 2 aromatic carbocycles. The fraction of sp³-hybridized carbons (Fsp3) is 0.433. The van der Waals surface area contributed by atoms with Gasteiger partial charge in [0.2, 0.25) is 5.91 Å². The number of carboxylic acid groups (broad SMARTS) is 2. The molecule has 2 aromatic rings. The molecule has 0 spiro atoms. The van der Waals surface area contributed by atoms with E-state index in [1.165, 1.54) is 12.8 Å². The molecule has 1 amide bonds. The Morgan fingerprint density at radius 3 is 2.19 bits per heavy atom. The number of ketones is 2. The number of thioether (sulfide) groups is 1. The maximum Gasteiger partial charge on any atom is 0.372 e. The zero-order chi connectivity index (χ0) is 30.8. The van der Waals surface area contributed by atoms with Gasteiger partial charge in [0, 0.05) is 47.4 Å². The summed E-state index contributed by atoms with van der Waals surface area (Å²) < 4.78 is 0. The SMILES string of the molecule is O=C(O)C(=O)C(CCCc1cc(Cl)c(CN2CSCC2C(=O)N2CCN(C3CC3)c3ccccc32)cc1Cl)C(=O)C(=O)O. The molecule has 0 radical (unpaired) electrons. The van der Waals surface area contributed by atoms with E-state index in [0.717, 1.165) is 23.5 Å². The van der Waals surface area contributed by atoms with E-state index in [9.17, 15) is 24.0 Å². The van der Waals surface area contributed by atoms with Crippen LogP contribution in [0.4, 0.5) is 11.4 Å². The minimum Gasteiger partial charge on any atom is -0.475 e. The van der Waals surface area contributed by atoms with Gasteiger partial charge >= 0.3 is 11.9 Å². The van der Waals surface area contributed by atoms with Gasteiger partial charge < -0.3 is 20.0 Å². The molecule has 13 heteroatoms. The van der Waals surface area contributed by atoms with Crippen molar-refractivity contribution in [3.8, 4) is 0 Å². The van der Waals surface area contributed by atoms with Gasteiger partial charge in [-0.15, -0.1) is 11.8 Å². The average molecular weight is 649 g/mol. The number of nitrogens with zero attached hydrogens (tertiary/aromatic N) is 3. The van der Waals surface area contributed by atoms with Gasteiger partial charge in [-0.3, -0.25) is 19.3 Å². The lowest BCUT2D eigenvalue weighted by Crippen LogP contribution is -2.52. The van der Waals surface area contributed by atoms with Crippen LogP contribution in [0.1, 0.15) is 36.8 Å². The van der Waals surface area contributed by atoms with Gasteiger partial charge in [-0.2, -0.15) is 0 Å². The van der Waals surface area contributed by atoms with Crippen molar-refractivity contribution in [2.45, 2.75) is 50.7 Å². The molecule has 0 aromatic heterocycles. The minimum absolute atomic E-state index is 0.0631. The number of carboxylic acids is 2. The summed E-state index contributed by atoms with van der Waals surface area (Å²) in [7, 11) is 0. The summed E-state index contributed by atoms with van der Waals surface area (Å²) in [5.41, 5.74) is 3.42. The van der Waals surface area contributed by atoms with Crippen molar-refractivity contribution < 1.29 is 34.2 Å². The highest BCUT2D eigenvalue weighted by atomic mass is 35.5. The van der Waals surface area contributed by atoms with Gasteiger partial charge in [-0.25, -0.2) is 9.59 Å². The van der Waals surface area contributed by atoms with E-state index in [2.05, 4.69) is 15.9 Å². The summed E-state index contributed by atoms with van der Waals surface area (Å²) in [6.45, 7) is 1.86. The molecule has 2 heterocycles. The molecule has 1 saturated carbocycles. The summed E-state index contributed by atoms with van der Waals surface area (Å²) in [5, 5.41) is 18.8. The zero-order valence-electron chi connectivity index (χ0n) is 23.2. The number of carbonyl (C=O) groups is 5. The Morgan fingerprint density at radius 1 is 0.907 bits per heavy atom. The standard InChI is InChI=1S/C30H31Cl2N3O7S/c31-21-13-18(22(32)12-17(21)4-3-5-20(26(36)29(39)40)27(37)30(41)42)14-33-16-43-15-25(33)28(38)35-11-10-34(19-8-9-19)23-6-1-2-7-24(23)35/h1-2,6-7,12-13,19-20,25H,3-5,8-11,14-16H2,(H,39,40)(H,41,42). The quantitative estimate of drug-likeness (QED) is 0.256. The van der Waals surface area contributed by atoms with Crippen LogP contribution in [0.2, 0.25) is 10.0 Å². The number of halogens is 2. The molecule has 1 saturated heterocycles. The molecule has 2 fully saturated rings. The smallest absolute Gasteiger partial charge is 0.372 e. The van der Waals surface area contributed by atoms with Gasteiger partial charge in [0.1, 0.15) is 0 Å². The summed E-state index contributed by atoms with van der Waals surface area (Å²) in [4.78, 5) is 66.2. The van der Waals surface area contributed by atoms with Crippen molar-refractivity contribution in [2.75, 3.05) is 34.5 Å². The van der Waals surface area contributed by atoms with Crippen LogP contribution in [0.3, 0.4) is 0 Å². The van der Waals surface area contributed by atoms with Crippen LogP contribution in [0, 0.1) is 5.92 Å². The monoisotopic (exact) mass is 647 g/mol. The predicted molar refractivity (Wildman–Crippen MR) is 164 cm³/mol. The maximum atomic E-state index is 13.9. The van der Waals surface area contributed by atoms with Crippen LogP contribution in [0.5, 0.6) is 0 Å². The first-order valence-electron chi connectivity index (χ1n) is 14.1. The van der Waals surface area contributed by atoms with E-state index in [1.807, 2.05) is 23.1 Å². The number of rotatable bonds is 12. The molecular formula is C30H31Cl2N3O7S. The molecule has 2 aliphatic heterocycles. The van der Waals surface area contributed by atoms with Crippen LogP contribution in [-0.2, 0) is 36.9 Å². The second-order valence-corrected chi connectivity index (χ2v) is 12.8. The van der Waals surface area contributed by atoms with Gasteiger partial charge in [0.25, 0.3) is 11.6 Å². The molecule has 228 valence electrons. The minimum atomic E-state index is -1.85. The normalized spacial score (nSPS) is 18.5. The Labute approximate surface area is 262 Å². The first-order chi connectivity index (χ1) is 20.6. The van der Waals surface area contributed by atoms with Gasteiger partial charge in [0.05, 0.1) is 23.3 Å². The fourth-order valence-corrected chi connectivity index (χ4v) is 7.47. The lowest BCUT2D eigenvalue weighted by atomic mass is 9.91. The van der Waals surface area contributed by atoms with E-state index in [0.29, 0.717) is 46.4 Å². The third-order valence-corrected chi connectivity index (χ3v) is 9.91. The number of hydrogen-bond acceptors (Lipinski definition) is 8. The highest BCUT2D eigenvalue weighted by Crippen LogP contribution is 2.41. The number of fused-ring (bicyclic) bond motifs is 1. The number of amides is 1. The third-order valence-electron chi connectivity index (χ3n) is 8.14. The molecule has 10 nitrogen and oxygen atoms in total. The van der Waals surface area contributed by atoms with E-state index in [4.69, 9.17) is 33.4 Å². The maximum absolute atomic E-state index is 13.9. The Hall–Kier alpha value is -3.12. The molecule has 0 bridgehead atoms. The van der Waals surface area contributed by atoms with Gasteiger partial charge in [-0.1, -0.05) is 35.3 Å². The Balaban J connectivity index is 1.25. The Morgan fingerprint density at radius 2 is 1.53 bits per heavy atom. The number of aryl methyl sites for hydroxylation is 1. The topological polar surface area (TPSA) is 136 Å². The highest BCUT2D eigenvalue weighted by molar-refractivity contribution is 7.99.